The number of rotatable bonds is 4. The zero-order valence-electron chi connectivity index (χ0n) is 12.5. The van der Waals surface area contributed by atoms with Crippen LogP contribution in [0.5, 0.6) is 5.75 Å². The number of aromatic hydroxyl groups is 1. The molecule has 0 aromatic heterocycles. The second kappa shape index (κ2) is 7.65. The molecule has 2 rings (SSSR count). The Bertz CT molecular complexity index is 463. The first-order valence-corrected chi connectivity index (χ1v) is 7.37. The summed E-state index contributed by atoms with van der Waals surface area (Å²) in [5, 5.41) is 23.9. The first kappa shape index (κ1) is 18.5. The van der Waals surface area contributed by atoms with Crippen LogP contribution in [0.1, 0.15) is 25.5 Å². The van der Waals surface area contributed by atoms with Crippen LogP contribution in [0.25, 0.3) is 0 Å². The van der Waals surface area contributed by atoms with Crippen LogP contribution in [0.2, 0.25) is 5.02 Å². The number of aliphatic hydroxyl groups excluding tert-OH is 1. The first-order valence-electron chi connectivity index (χ1n) is 7.00. The molecule has 4 nitrogen and oxygen atoms in total. The maximum Gasteiger partial charge on any atom is 0.120 e. The molecule has 1 aliphatic heterocycles. The number of piperazine rings is 1. The monoisotopic (exact) mass is 334 g/mol. The second-order valence-electron chi connectivity index (χ2n) is 6.04. The molecule has 1 aromatic rings. The summed E-state index contributed by atoms with van der Waals surface area (Å²) < 4.78 is 0. The molecule has 1 aliphatic rings. The minimum atomic E-state index is -0.362. The molecule has 0 amide bonds. The average Bonchev–Trinajstić information content (AvgIpc) is 2.44. The highest BCUT2D eigenvalue weighted by Gasteiger charge is 2.37. The summed E-state index contributed by atoms with van der Waals surface area (Å²) in [6, 6.07) is 5.05. The van der Waals surface area contributed by atoms with Gasteiger partial charge >= 0.3 is 0 Å². The van der Waals surface area contributed by atoms with E-state index in [0.29, 0.717) is 5.02 Å². The fourth-order valence-electron chi connectivity index (χ4n) is 2.88. The molecule has 0 unspecified atom stereocenters. The molecule has 3 N–H and O–H groups in total. The van der Waals surface area contributed by atoms with Gasteiger partial charge in [0.15, 0.2) is 0 Å². The third kappa shape index (κ3) is 4.24. The lowest BCUT2D eigenvalue weighted by Crippen LogP contribution is -2.49. The number of nitrogens with zero attached hydrogens (tertiary/aromatic N) is 1. The lowest BCUT2D eigenvalue weighted by molar-refractivity contribution is 0.0293. The number of hydrogen-bond donors (Lipinski definition) is 3. The summed E-state index contributed by atoms with van der Waals surface area (Å²) in [5.74, 6) is 0.236. The maximum absolute atomic E-state index is 10.2. The van der Waals surface area contributed by atoms with Gasteiger partial charge in [0.25, 0.3) is 0 Å². The average molecular weight is 335 g/mol. The Labute approximate surface area is 137 Å². The van der Waals surface area contributed by atoms with E-state index in [0.717, 1.165) is 31.7 Å². The van der Waals surface area contributed by atoms with Crippen LogP contribution >= 0.6 is 24.0 Å². The smallest absolute Gasteiger partial charge is 0.120 e. The Balaban J connectivity index is 0.00000220. The van der Waals surface area contributed by atoms with Crippen molar-refractivity contribution in [2.75, 3.05) is 32.8 Å². The third-order valence-corrected chi connectivity index (χ3v) is 4.18. The number of phenolic OH excluding ortho intramolecular Hbond substituents is 1. The first-order chi connectivity index (χ1) is 9.45. The van der Waals surface area contributed by atoms with Crippen molar-refractivity contribution in [1.82, 2.24) is 10.2 Å². The molecule has 21 heavy (non-hydrogen) atoms. The molecule has 1 atom stereocenters. The van der Waals surface area contributed by atoms with Gasteiger partial charge in [0, 0.05) is 54.8 Å². The van der Waals surface area contributed by atoms with E-state index >= 15 is 0 Å². The van der Waals surface area contributed by atoms with Gasteiger partial charge in [-0.25, -0.2) is 0 Å². The van der Waals surface area contributed by atoms with E-state index in [-0.39, 0.29) is 36.2 Å². The Morgan fingerprint density at radius 2 is 1.95 bits per heavy atom. The van der Waals surface area contributed by atoms with Gasteiger partial charge in [-0.15, -0.1) is 12.4 Å². The second-order valence-corrected chi connectivity index (χ2v) is 6.47. The van der Waals surface area contributed by atoms with Crippen LogP contribution in [0, 0.1) is 5.41 Å². The highest BCUT2D eigenvalue weighted by atomic mass is 35.5. The molecule has 1 aromatic carbocycles. The van der Waals surface area contributed by atoms with Gasteiger partial charge in [0.1, 0.15) is 5.75 Å². The van der Waals surface area contributed by atoms with Crippen molar-refractivity contribution in [3.8, 4) is 5.75 Å². The molecule has 0 saturated carbocycles. The number of halogens is 2. The van der Waals surface area contributed by atoms with E-state index < -0.39 is 0 Å². The number of hydrogen-bond acceptors (Lipinski definition) is 4. The van der Waals surface area contributed by atoms with Crippen LogP contribution in [0.4, 0.5) is 0 Å². The van der Waals surface area contributed by atoms with E-state index in [9.17, 15) is 10.2 Å². The summed E-state index contributed by atoms with van der Waals surface area (Å²) in [4.78, 5) is 2.30. The fraction of sp³-hybridized carbons (Fsp3) is 0.600. The number of benzene rings is 1. The molecular formula is C15H24Cl2N2O2. The van der Waals surface area contributed by atoms with Gasteiger partial charge in [-0.2, -0.15) is 0 Å². The van der Waals surface area contributed by atoms with Gasteiger partial charge in [0.05, 0.1) is 0 Å². The topological polar surface area (TPSA) is 55.7 Å². The summed E-state index contributed by atoms with van der Waals surface area (Å²) in [5.41, 5.74) is 0.429. The summed E-state index contributed by atoms with van der Waals surface area (Å²) >= 11 is 6.09. The Morgan fingerprint density at radius 3 is 2.52 bits per heavy atom. The predicted molar refractivity (Wildman–Crippen MR) is 88.4 cm³/mol. The summed E-state index contributed by atoms with van der Waals surface area (Å²) in [6.45, 7) is 7.69. The van der Waals surface area contributed by atoms with Crippen molar-refractivity contribution in [3.63, 3.8) is 0 Å². The van der Waals surface area contributed by atoms with Crippen molar-refractivity contribution in [2.24, 2.45) is 5.41 Å². The van der Waals surface area contributed by atoms with Gasteiger partial charge in [-0.3, -0.25) is 4.90 Å². The zero-order valence-corrected chi connectivity index (χ0v) is 14.0. The van der Waals surface area contributed by atoms with Crippen molar-refractivity contribution >= 4 is 24.0 Å². The van der Waals surface area contributed by atoms with E-state index in [4.69, 9.17) is 11.6 Å². The molecule has 1 saturated heterocycles. The van der Waals surface area contributed by atoms with Gasteiger partial charge < -0.3 is 15.5 Å². The molecule has 0 radical (unpaired) electrons. The lowest BCUT2D eigenvalue weighted by Gasteiger charge is -2.43. The van der Waals surface area contributed by atoms with Crippen molar-refractivity contribution in [3.05, 3.63) is 28.8 Å². The fourth-order valence-corrected chi connectivity index (χ4v) is 3.06. The largest absolute Gasteiger partial charge is 0.508 e. The van der Waals surface area contributed by atoms with Crippen LogP contribution < -0.4 is 5.32 Å². The zero-order chi connectivity index (χ0) is 14.8. The van der Waals surface area contributed by atoms with Crippen LogP contribution in [-0.2, 0) is 0 Å². The molecule has 0 spiro atoms. The van der Waals surface area contributed by atoms with Crippen molar-refractivity contribution < 1.29 is 10.2 Å². The number of nitrogens with one attached hydrogen (secondary N) is 1. The molecule has 120 valence electrons. The molecule has 1 fully saturated rings. The predicted octanol–water partition coefficient (Wildman–Crippen LogP) is 2.43. The van der Waals surface area contributed by atoms with E-state index in [1.165, 1.54) is 0 Å². The van der Waals surface area contributed by atoms with E-state index in [2.05, 4.69) is 10.2 Å². The Kier molecular flexibility index (Phi) is 6.75. The van der Waals surface area contributed by atoms with E-state index in [1.54, 1.807) is 18.2 Å². The van der Waals surface area contributed by atoms with Gasteiger partial charge in [-0.1, -0.05) is 25.4 Å². The molecule has 0 aliphatic carbocycles. The highest BCUT2D eigenvalue weighted by molar-refractivity contribution is 6.30. The summed E-state index contributed by atoms with van der Waals surface area (Å²) in [7, 11) is 0. The highest BCUT2D eigenvalue weighted by Crippen LogP contribution is 2.42. The lowest BCUT2D eigenvalue weighted by atomic mass is 9.79. The quantitative estimate of drug-likeness (QED) is 0.791. The SMILES string of the molecule is CC(C)(CO)[C@H](c1cc(Cl)ccc1O)N1CCNCC1.Cl. The van der Waals surface area contributed by atoms with Crippen molar-refractivity contribution in [2.45, 2.75) is 19.9 Å². The number of phenols is 1. The molecule has 1 heterocycles. The standard InChI is InChI=1S/C15H23ClN2O2.ClH/c1-15(2,10-19)14(18-7-5-17-6-8-18)12-9-11(16)3-4-13(12)20;/h3-4,9,14,17,19-20H,5-8,10H2,1-2H3;1H/t14-;/m0./s1. The molecule has 0 bridgehead atoms. The van der Waals surface area contributed by atoms with Gasteiger partial charge in [-0.05, 0) is 18.2 Å². The number of aliphatic hydroxyl groups is 1. The summed E-state index contributed by atoms with van der Waals surface area (Å²) in [6.07, 6.45) is 0. The Hall–Kier alpha value is -0.520. The van der Waals surface area contributed by atoms with E-state index in [1.807, 2.05) is 13.8 Å². The van der Waals surface area contributed by atoms with Gasteiger partial charge in [0.2, 0.25) is 0 Å². The van der Waals surface area contributed by atoms with Crippen LogP contribution in [-0.4, -0.2) is 47.9 Å². The Morgan fingerprint density at radius 1 is 1.33 bits per heavy atom. The van der Waals surface area contributed by atoms with Crippen molar-refractivity contribution in [1.29, 1.82) is 0 Å². The minimum Gasteiger partial charge on any atom is -0.508 e. The minimum absolute atomic E-state index is 0. The molecule has 6 heteroatoms. The normalized spacial score (nSPS) is 18.1. The third-order valence-electron chi connectivity index (χ3n) is 3.95. The van der Waals surface area contributed by atoms with Crippen LogP contribution in [0.3, 0.4) is 0 Å². The maximum atomic E-state index is 10.2. The molecular weight excluding hydrogens is 311 g/mol. The van der Waals surface area contributed by atoms with Crippen LogP contribution in [0.15, 0.2) is 18.2 Å².